The second kappa shape index (κ2) is 5.25. The number of hydrogen-bond donors (Lipinski definition) is 1. The van der Waals surface area contributed by atoms with Gasteiger partial charge in [-0.2, -0.15) is 0 Å². The minimum atomic E-state index is -0.115. The number of benzene rings is 1. The maximum Gasteiger partial charge on any atom is 0.0894 e. The third kappa shape index (κ3) is 2.47. The molecule has 1 aromatic heterocycles. The molecule has 4 nitrogen and oxygen atoms in total. The maximum absolute atomic E-state index is 6.42. The highest BCUT2D eigenvalue weighted by Crippen LogP contribution is 2.26. The summed E-state index contributed by atoms with van der Waals surface area (Å²) in [5.74, 6) is 0. The molecule has 1 saturated heterocycles. The summed E-state index contributed by atoms with van der Waals surface area (Å²) >= 11 is 0. The molecule has 1 aliphatic heterocycles. The molecular weight excluding hydrogens is 238 g/mol. The summed E-state index contributed by atoms with van der Waals surface area (Å²) in [5.41, 5.74) is 8.52. The third-order valence-electron chi connectivity index (χ3n) is 3.74. The van der Waals surface area contributed by atoms with E-state index in [0.717, 1.165) is 36.2 Å². The molecule has 1 aliphatic rings. The Hall–Kier alpha value is -1.49. The largest absolute Gasteiger partial charge is 0.374 e. The van der Waals surface area contributed by atoms with Gasteiger partial charge in [-0.25, -0.2) is 0 Å². The average molecular weight is 257 g/mol. The average Bonchev–Trinajstić information content (AvgIpc) is 2.46. The van der Waals surface area contributed by atoms with Crippen LogP contribution in [0.4, 0.5) is 0 Å². The number of ether oxygens (including phenoxy) is 1. The predicted molar refractivity (Wildman–Crippen MR) is 75.9 cm³/mol. The van der Waals surface area contributed by atoms with Crippen LogP contribution in [-0.2, 0) is 4.74 Å². The fraction of sp³-hybridized carbons (Fsp3) is 0.400. The highest BCUT2D eigenvalue weighted by molar-refractivity contribution is 5.82. The molecule has 0 saturated carbocycles. The molecule has 4 heteroatoms. The van der Waals surface area contributed by atoms with E-state index in [2.05, 4.69) is 29.1 Å². The minimum absolute atomic E-state index is 0.0459. The van der Waals surface area contributed by atoms with Crippen LogP contribution in [0.25, 0.3) is 10.9 Å². The van der Waals surface area contributed by atoms with Gasteiger partial charge in [-0.1, -0.05) is 18.2 Å². The van der Waals surface area contributed by atoms with Gasteiger partial charge in [0.1, 0.15) is 0 Å². The van der Waals surface area contributed by atoms with Crippen molar-refractivity contribution in [1.82, 2.24) is 9.88 Å². The normalized spacial score (nSPS) is 22.5. The second-order valence-electron chi connectivity index (χ2n) is 5.11. The van der Waals surface area contributed by atoms with E-state index in [1.54, 1.807) is 0 Å². The van der Waals surface area contributed by atoms with Gasteiger partial charge in [0.15, 0.2) is 0 Å². The number of morpholine rings is 1. The van der Waals surface area contributed by atoms with Crippen LogP contribution < -0.4 is 5.73 Å². The topological polar surface area (TPSA) is 51.4 Å². The lowest BCUT2D eigenvalue weighted by Crippen LogP contribution is -2.45. The zero-order valence-corrected chi connectivity index (χ0v) is 11.1. The van der Waals surface area contributed by atoms with E-state index in [1.165, 1.54) is 0 Å². The number of hydrogen-bond acceptors (Lipinski definition) is 4. The summed E-state index contributed by atoms with van der Waals surface area (Å²) in [6, 6.07) is 10.0. The zero-order chi connectivity index (χ0) is 13.2. The first kappa shape index (κ1) is 12.5. The Morgan fingerprint density at radius 2 is 2.26 bits per heavy atom. The van der Waals surface area contributed by atoms with Crippen molar-refractivity contribution in [2.45, 2.75) is 12.1 Å². The highest BCUT2D eigenvalue weighted by Gasteiger charge is 2.26. The van der Waals surface area contributed by atoms with Gasteiger partial charge in [-0.15, -0.1) is 0 Å². The molecule has 1 aromatic carbocycles. The molecule has 2 unspecified atom stereocenters. The fourth-order valence-corrected chi connectivity index (χ4v) is 2.65. The van der Waals surface area contributed by atoms with Gasteiger partial charge in [0.05, 0.1) is 24.3 Å². The summed E-state index contributed by atoms with van der Waals surface area (Å²) in [7, 11) is 2.10. The molecule has 2 atom stereocenters. The molecule has 0 aliphatic carbocycles. The monoisotopic (exact) mass is 257 g/mol. The molecular formula is C15H19N3O. The molecule has 100 valence electrons. The number of likely N-dealkylation sites (N-methyl/N-ethyl adjacent to an activating group) is 1. The summed E-state index contributed by atoms with van der Waals surface area (Å²) in [5, 5.41) is 1.12. The molecule has 19 heavy (non-hydrogen) atoms. The molecule has 1 fully saturated rings. The predicted octanol–water partition coefficient (Wildman–Crippen LogP) is 1.57. The molecule has 0 bridgehead atoms. The van der Waals surface area contributed by atoms with Crippen LogP contribution in [0.15, 0.2) is 36.5 Å². The first-order valence-corrected chi connectivity index (χ1v) is 6.65. The Labute approximate surface area is 113 Å². The molecule has 2 heterocycles. The Kier molecular flexibility index (Phi) is 3.46. The van der Waals surface area contributed by atoms with Crippen LogP contribution in [0.5, 0.6) is 0 Å². The van der Waals surface area contributed by atoms with E-state index in [9.17, 15) is 0 Å². The van der Waals surface area contributed by atoms with E-state index < -0.39 is 0 Å². The van der Waals surface area contributed by atoms with Crippen molar-refractivity contribution in [1.29, 1.82) is 0 Å². The first-order valence-electron chi connectivity index (χ1n) is 6.65. The summed E-state index contributed by atoms with van der Waals surface area (Å²) in [4.78, 5) is 6.64. The molecule has 3 rings (SSSR count). The van der Waals surface area contributed by atoms with Crippen molar-refractivity contribution < 1.29 is 4.74 Å². The Morgan fingerprint density at radius 3 is 3.11 bits per heavy atom. The highest BCUT2D eigenvalue weighted by atomic mass is 16.5. The van der Waals surface area contributed by atoms with Gasteiger partial charge in [-0.3, -0.25) is 4.98 Å². The van der Waals surface area contributed by atoms with E-state index >= 15 is 0 Å². The number of pyridine rings is 1. The van der Waals surface area contributed by atoms with Gasteiger partial charge in [0, 0.05) is 24.7 Å². The van der Waals surface area contributed by atoms with Crippen molar-refractivity contribution in [2.75, 3.05) is 26.7 Å². The zero-order valence-electron chi connectivity index (χ0n) is 11.1. The van der Waals surface area contributed by atoms with E-state index in [-0.39, 0.29) is 12.1 Å². The van der Waals surface area contributed by atoms with Crippen molar-refractivity contribution in [3.8, 4) is 0 Å². The number of aromatic nitrogens is 1. The SMILES string of the molecule is CN1CCOC(C(N)c2cccc3ncccc23)C1. The van der Waals surface area contributed by atoms with Crippen LogP contribution in [-0.4, -0.2) is 42.7 Å². The third-order valence-corrected chi connectivity index (χ3v) is 3.74. The number of rotatable bonds is 2. The van der Waals surface area contributed by atoms with E-state index in [0.29, 0.717) is 0 Å². The van der Waals surface area contributed by atoms with Crippen LogP contribution in [0.2, 0.25) is 0 Å². The lowest BCUT2D eigenvalue weighted by Gasteiger charge is -2.34. The van der Waals surface area contributed by atoms with Crippen molar-refractivity contribution in [2.24, 2.45) is 5.73 Å². The van der Waals surface area contributed by atoms with Gasteiger partial charge < -0.3 is 15.4 Å². The van der Waals surface area contributed by atoms with Crippen LogP contribution in [0, 0.1) is 0 Å². The van der Waals surface area contributed by atoms with Crippen LogP contribution >= 0.6 is 0 Å². The Bertz CT molecular complexity index is 567. The van der Waals surface area contributed by atoms with Crippen molar-refractivity contribution >= 4 is 10.9 Å². The quantitative estimate of drug-likeness (QED) is 0.887. The number of fused-ring (bicyclic) bond motifs is 1. The van der Waals surface area contributed by atoms with Gasteiger partial charge in [0.2, 0.25) is 0 Å². The number of nitrogens with two attached hydrogens (primary N) is 1. The van der Waals surface area contributed by atoms with Crippen LogP contribution in [0.3, 0.4) is 0 Å². The van der Waals surface area contributed by atoms with Gasteiger partial charge >= 0.3 is 0 Å². The standard InChI is InChI=1S/C15H19N3O/c1-18-8-9-19-14(10-18)15(16)12-4-2-6-13-11(12)5-3-7-17-13/h2-7,14-15H,8-10,16H2,1H3. The smallest absolute Gasteiger partial charge is 0.0894 e. The molecule has 0 amide bonds. The molecule has 2 N–H and O–H groups in total. The number of nitrogens with zero attached hydrogens (tertiary/aromatic N) is 2. The van der Waals surface area contributed by atoms with Gasteiger partial charge in [-0.05, 0) is 24.7 Å². The van der Waals surface area contributed by atoms with Crippen LogP contribution in [0.1, 0.15) is 11.6 Å². The lowest BCUT2D eigenvalue weighted by molar-refractivity contribution is -0.0324. The molecule has 2 aromatic rings. The minimum Gasteiger partial charge on any atom is -0.374 e. The second-order valence-corrected chi connectivity index (χ2v) is 5.11. The van der Waals surface area contributed by atoms with E-state index in [1.807, 2.05) is 24.4 Å². The van der Waals surface area contributed by atoms with E-state index in [4.69, 9.17) is 10.5 Å². The Balaban J connectivity index is 1.95. The summed E-state index contributed by atoms with van der Waals surface area (Å²) in [6.07, 6.45) is 1.85. The fourth-order valence-electron chi connectivity index (χ4n) is 2.65. The first-order chi connectivity index (χ1) is 9.25. The van der Waals surface area contributed by atoms with Crippen molar-refractivity contribution in [3.63, 3.8) is 0 Å². The van der Waals surface area contributed by atoms with Gasteiger partial charge in [0.25, 0.3) is 0 Å². The van der Waals surface area contributed by atoms with Crippen molar-refractivity contribution in [3.05, 3.63) is 42.1 Å². The summed E-state index contributed by atoms with van der Waals surface area (Å²) in [6.45, 7) is 2.59. The summed E-state index contributed by atoms with van der Waals surface area (Å²) < 4.78 is 5.83. The molecule has 0 radical (unpaired) electrons. The maximum atomic E-state index is 6.42. The molecule has 0 spiro atoms. The Morgan fingerprint density at radius 1 is 1.37 bits per heavy atom. The lowest BCUT2D eigenvalue weighted by atomic mass is 9.97.